The molecule has 124 valence electrons. The molecule has 1 aromatic rings. The van der Waals surface area contributed by atoms with Crippen LogP contribution in [0, 0.1) is 0 Å². The van der Waals surface area contributed by atoms with Crippen molar-refractivity contribution in [2.24, 2.45) is 5.73 Å². The zero-order valence-corrected chi connectivity index (χ0v) is 13.9. The molecule has 2 N–H and O–H groups in total. The maximum absolute atomic E-state index is 5.58. The maximum atomic E-state index is 5.58. The maximum Gasteiger partial charge on any atom is 0.161 e. The van der Waals surface area contributed by atoms with Crippen LogP contribution in [-0.2, 0) is 6.54 Å². The minimum atomic E-state index is 0.653. The quantitative estimate of drug-likeness (QED) is 0.790. The number of piperazine rings is 1. The van der Waals surface area contributed by atoms with Gasteiger partial charge in [0, 0.05) is 32.7 Å². The van der Waals surface area contributed by atoms with Crippen LogP contribution in [0.3, 0.4) is 0 Å². The molecular formula is C17H29N3O2. The molecule has 1 aliphatic heterocycles. The van der Waals surface area contributed by atoms with Gasteiger partial charge in [-0.25, -0.2) is 0 Å². The Bertz CT molecular complexity index is 446. The third-order valence-corrected chi connectivity index (χ3v) is 4.08. The lowest BCUT2D eigenvalue weighted by atomic mass is 10.1. The number of rotatable bonds is 8. The average Bonchev–Trinajstić information content (AvgIpc) is 2.56. The highest BCUT2D eigenvalue weighted by Gasteiger charge is 2.17. The number of nitrogens with two attached hydrogens (primary N) is 1. The van der Waals surface area contributed by atoms with Crippen LogP contribution in [0.15, 0.2) is 18.2 Å². The van der Waals surface area contributed by atoms with E-state index in [4.69, 9.17) is 15.2 Å². The Hall–Kier alpha value is -1.30. The first-order valence-corrected chi connectivity index (χ1v) is 8.21. The molecule has 5 nitrogen and oxygen atoms in total. The van der Waals surface area contributed by atoms with E-state index in [9.17, 15) is 0 Å². The number of hydrogen-bond donors (Lipinski definition) is 1. The molecule has 0 amide bonds. The van der Waals surface area contributed by atoms with Gasteiger partial charge in [0.1, 0.15) is 0 Å². The molecule has 1 saturated heterocycles. The summed E-state index contributed by atoms with van der Waals surface area (Å²) in [6.45, 7) is 10.0. The molecule has 22 heavy (non-hydrogen) atoms. The highest BCUT2D eigenvalue weighted by atomic mass is 16.5. The van der Waals surface area contributed by atoms with E-state index in [2.05, 4.69) is 21.9 Å². The van der Waals surface area contributed by atoms with E-state index in [-0.39, 0.29) is 0 Å². The SMILES string of the molecule is CCOc1ccc(CN2CCN(CCCN)CC2)cc1OC. The van der Waals surface area contributed by atoms with Crippen molar-refractivity contribution in [1.82, 2.24) is 9.80 Å². The summed E-state index contributed by atoms with van der Waals surface area (Å²) in [7, 11) is 1.69. The Morgan fingerprint density at radius 1 is 1.09 bits per heavy atom. The van der Waals surface area contributed by atoms with Crippen molar-refractivity contribution in [2.75, 3.05) is 53.0 Å². The third kappa shape index (κ3) is 4.87. The van der Waals surface area contributed by atoms with Gasteiger partial charge in [-0.05, 0) is 44.1 Å². The lowest BCUT2D eigenvalue weighted by Gasteiger charge is -2.34. The van der Waals surface area contributed by atoms with Gasteiger partial charge in [0.05, 0.1) is 13.7 Å². The molecular weight excluding hydrogens is 278 g/mol. The first kappa shape index (κ1) is 17.1. The smallest absolute Gasteiger partial charge is 0.161 e. The zero-order valence-electron chi connectivity index (χ0n) is 13.9. The van der Waals surface area contributed by atoms with E-state index >= 15 is 0 Å². The lowest BCUT2D eigenvalue weighted by Crippen LogP contribution is -2.46. The van der Waals surface area contributed by atoms with Gasteiger partial charge in [0.15, 0.2) is 11.5 Å². The number of ether oxygens (including phenoxy) is 2. The van der Waals surface area contributed by atoms with Crippen molar-refractivity contribution in [2.45, 2.75) is 19.9 Å². The molecule has 0 radical (unpaired) electrons. The van der Waals surface area contributed by atoms with E-state index in [0.29, 0.717) is 6.61 Å². The Morgan fingerprint density at radius 2 is 1.82 bits per heavy atom. The van der Waals surface area contributed by atoms with Crippen LogP contribution in [0.1, 0.15) is 18.9 Å². The van der Waals surface area contributed by atoms with E-state index in [1.807, 2.05) is 13.0 Å². The minimum Gasteiger partial charge on any atom is -0.493 e. The normalized spacial score (nSPS) is 16.7. The monoisotopic (exact) mass is 307 g/mol. The van der Waals surface area contributed by atoms with E-state index in [1.165, 1.54) is 5.56 Å². The summed E-state index contributed by atoms with van der Waals surface area (Å²) in [6, 6.07) is 6.23. The highest BCUT2D eigenvalue weighted by molar-refractivity contribution is 5.42. The van der Waals surface area contributed by atoms with Gasteiger partial charge in [0.25, 0.3) is 0 Å². The van der Waals surface area contributed by atoms with Gasteiger partial charge in [-0.15, -0.1) is 0 Å². The predicted octanol–water partition coefficient (Wildman–Crippen LogP) is 1.56. The van der Waals surface area contributed by atoms with Gasteiger partial charge in [0.2, 0.25) is 0 Å². The predicted molar refractivity (Wildman–Crippen MR) is 89.6 cm³/mol. The molecule has 1 aliphatic rings. The van der Waals surface area contributed by atoms with Crippen LogP contribution < -0.4 is 15.2 Å². The van der Waals surface area contributed by atoms with Crippen molar-refractivity contribution in [3.63, 3.8) is 0 Å². The number of nitrogens with zero attached hydrogens (tertiary/aromatic N) is 2. The highest BCUT2D eigenvalue weighted by Crippen LogP contribution is 2.28. The molecule has 0 saturated carbocycles. The standard InChI is InChI=1S/C17H29N3O2/c1-3-22-16-6-5-15(13-17(16)21-2)14-20-11-9-19(10-12-20)8-4-7-18/h5-6,13H,3-4,7-12,14,18H2,1-2H3. The fourth-order valence-corrected chi connectivity index (χ4v) is 2.83. The fourth-order valence-electron chi connectivity index (χ4n) is 2.83. The van der Waals surface area contributed by atoms with Gasteiger partial charge >= 0.3 is 0 Å². The second-order valence-corrected chi connectivity index (χ2v) is 5.68. The molecule has 1 aromatic carbocycles. The van der Waals surface area contributed by atoms with E-state index in [0.717, 1.165) is 63.7 Å². The summed E-state index contributed by atoms with van der Waals surface area (Å²) >= 11 is 0. The van der Waals surface area contributed by atoms with E-state index < -0.39 is 0 Å². The Morgan fingerprint density at radius 3 is 2.45 bits per heavy atom. The molecule has 0 unspecified atom stereocenters. The molecule has 1 fully saturated rings. The Balaban J connectivity index is 1.86. The third-order valence-electron chi connectivity index (χ3n) is 4.08. The van der Waals surface area contributed by atoms with Gasteiger partial charge in [-0.1, -0.05) is 6.07 Å². The molecule has 1 heterocycles. The lowest BCUT2D eigenvalue weighted by molar-refractivity contribution is 0.126. The van der Waals surface area contributed by atoms with Gasteiger partial charge in [-0.2, -0.15) is 0 Å². The summed E-state index contributed by atoms with van der Waals surface area (Å²) in [5.41, 5.74) is 6.85. The second kappa shape index (κ2) is 8.98. The van der Waals surface area contributed by atoms with Gasteiger partial charge < -0.3 is 20.1 Å². The Kier molecular flexibility index (Phi) is 6.96. The van der Waals surface area contributed by atoms with Gasteiger partial charge in [-0.3, -0.25) is 4.90 Å². The van der Waals surface area contributed by atoms with Crippen LogP contribution in [-0.4, -0.2) is 62.8 Å². The van der Waals surface area contributed by atoms with Crippen LogP contribution in [0.2, 0.25) is 0 Å². The largest absolute Gasteiger partial charge is 0.493 e. The van der Waals surface area contributed by atoms with Crippen LogP contribution in [0.25, 0.3) is 0 Å². The van der Waals surface area contributed by atoms with E-state index in [1.54, 1.807) is 7.11 Å². The fraction of sp³-hybridized carbons (Fsp3) is 0.647. The summed E-state index contributed by atoms with van der Waals surface area (Å²) in [6.07, 6.45) is 1.09. The molecule has 0 spiro atoms. The zero-order chi connectivity index (χ0) is 15.8. The average molecular weight is 307 g/mol. The van der Waals surface area contributed by atoms with Crippen LogP contribution >= 0.6 is 0 Å². The second-order valence-electron chi connectivity index (χ2n) is 5.68. The summed E-state index contributed by atoms with van der Waals surface area (Å²) in [5.74, 6) is 1.64. The van der Waals surface area contributed by atoms with Crippen molar-refractivity contribution < 1.29 is 9.47 Å². The van der Waals surface area contributed by atoms with Crippen LogP contribution in [0.5, 0.6) is 11.5 Å². The topological polar surface area (TPSA) is 51.0 Å². The molecule has 0 atom stereocenters. The van der Waals surface area contributed by atoms with Crippen molar-refractivity contribution in [3.05, 3.63) is 23.8 Å². The number of hydrogen-bond acceptors (Lipinski definition) is 5. The number of methoxy groups -OCH3 is 1. The minimum absolute atomic E-state index is 0.653. The molecule has 0 bridgehead atoms. The summed E-state index contributed by atoms with van der Waals surface area (Å²) < 4.78 is 11.0. The van der Waals surface area contributed by atoms with Crippen molar-refractivity contribution >= 4 is 0 Å². The van der Waals surface area contributed by atoms with Crippen molar-refractivity contribution in [3.8, 4) is 11.5 Å². The molecule has 0 aliphatic carbocycles. The summed E-state index contributed by atoms with van der Waals surface area (Å²) in [5, 5.41) is 0. The molecule has 5 heteroatoms. The number of benzene rings is 1. The summed E-state index contributed by atoms with van der Waals surface area (Å²) in [4.78, 5) is 5.00. The Labute approximate surface area is 134 Å². The van der Waals surface area contributed by atoms with Crippen LogP contribution in [0.4, 0.5) is 0 Å². The first-order chi connectivity index (χ1) is 10.8. The molecule has 0 aromatic heterocycles. The first-order valence-electron chi connectivity index (χ1n) is 8.21. The van der Waals surface area contributed by atoms with Crippen molar-refractivity contribution in [1.29, 1.82) is 0 Å². The molecule has 2 rings (SSSR count).